The zero-order valence-corrected chi connectivity index (χ0v) is 19.3. The summed E-state index contributed by atoms with van der Waals surface area (Å²) < 4.78 is 1.75. The van der Waals surface area contributed by atoms with E-state index in [9.17, 15) is 4.79 Å². The topological polar surface area (TPSA) is 50.2 Å². The molecule has 2 heterocycles. The normalized spacial score (nSPS) is 14.6. The third-order valence-corrected chi connectivity index (χ3v) is 6.26. The summed E-state index contributed by atoms with van der Waals surface area (Å²) in [6.45, 7) is 5.78. The Labute approximate surface area is 192 Å². The van der Waals surface area contributed by atoms with Crippen LogP contribution in [0, 0.1) is 6.92 Å². The first-order chi connectivity index (χ1) is 15.0. The molecule has 0 spiro atoms. The van der Waals surface area contributed by atoms with Gasteiger partial charge in [-0.05, 0) is 49.9 Å². The molecule has 3 aromatic rings. The van der Waals surface area contributed by atoms with Crippen LogP contribution in [0.15, 0.2) is 42.5 Å². The van der Waals surface area contributed by atoms with Crippen molar-refractivity contribution in [2.75, 3.05) is 13.1 Å². The number of hydrogen-bond donors (Lipinski definition) is 1. The molecule has 0 radical (unpaired) electrons. The third-order valence-electron chi connectivity index (χ3n) is 5.73. The highest BCUT2D eigenvalue weighted by Gasteiger charge is 2.24. The van der Waals surface area contributed by atoms with E-state index >= 15 is 0 Å². The molecule has 0 atom stereocenters. The van der Waals surface area contributed by atoms with Crippen molar-refractivity contribution in [3.05, 3.63) is 69.3 Å². The van der Waals surface area contributed by atoms with Crippen LogP contribution < -0.4 is 5.43 Å². The van der Waals surface area contributed by atoms with Gasteiger partial charge < -0.3 is 0 Å². The van der Waals surface area contributed by atoms with Gasteiger partial charge in [-0.25, -0.2) is 9.69 Å². The molecule has 0 unspecified atom stereocenters. The molecule has 0 aliphatic carbocycles. The number of aryl methyl sites for hydroxylation is 1. The van der Waals surface area contributed by atoms with Crippen LogP contribution >= 0.6 is 23.2 Å². The van der Waals surface area contributed by atoms with Crippen molar-refractivity contribution < 1.29 is 4.79 Å². The lowest BCUT2D eigenvalue weighted by Crippen LogP contribution is -2.45. The number of hydrogen-bond acceptors (Lipinski definition) is 3. The highest BCUT2D eigenvalue weighted by Crippen LogP contribution is 2.33. The summed E-state index contributed by atoms with van der Waals surface area (Å²) in [5, 5.41) is 7.71. The van der Waals surface area contributed by atoms with Gasteiger partial charge in [0.1, 0.15) is 0 Å². The Bertz CT molecular complexity index is 1090. The van der Waals surface area contributed by atoms with Gasteiger partial charge in [0.05, 0.1) is 16.4 Å². The average Bonchev–Trinajstić information content (AvgIpc) is 3.11. The van der Waals surface area contributed by atoms with E-state index in [0.29, 0.717) is 21.4 Å². The van der Waals surface area contributed by atoms with Gasteiger partial charge in [-0.2, -0.15) is 5.10 Å². The lowest BCUT2D eigenvalue weighted by molar-refractivity contribution is 0.0743. The largest absolute Gasteiger partial charge is 0.286 e. The summed E-state index contributed by atoms with van der Waals surface area (Å²) in [4.78, 5) is 13.1. The SMILES string of the molecule is CCc1ccc(-c2c(C)c(C(=O)NN3CCCCC3)nn2-c2ccc(Cl)cc2Cl)cc1. The highest BCUT2D eigenvalue weighted by molar-refractivity contribution is 6.35. The molecule has 7 heteroatoms. The number of rotatable bonds is 5. The van der Waals surface area contributed by atoms with Crippen LogP contribution in [0.2, 0.25) is 10.0 Å². The lowest BCUT2D eigenvalue weighted by atomic mass is 10.0. The van der Waals surface area contributed by atoms with Crippen molar-refractivity contribution in [1.82, 2.24) is 20.2 Å². The second-order valence-electron chi connectivity index (χ2n) is 7.87. The number of nitrogens with zero attached hydrogens (tertiary/aromatic N) is 3. The van der Waals surface area contributed by atoms with Crippen molar-refractivity contribution in [2.45, 2.75) is 39.5 Å². The first-order valence-corrected chi connectivity index (χ1v) is 11.4. The smallest absolute Gasteiger partial charge is 0.283 e. The van der Waals surface area contributed by atoms with Crippen LogP contribution in [0.3, 0.4) is 0 Å². The molecule has 162 valence electrons. The number of benzene rings is 2. The van der Waals surface area contributed by atoms with Crippen LogP contribution in [0.4, 0.5) is 0 Å². The van der Waals surface area contributed by atoms with Crippen molar-refractivity contribution in [2.24, 2.45) is 0 Å². The Morgan fingerprint density at radius 3 is 2.42 bits per heavy atom. The van der Waals surface area contributed by atoms with E-state index in [1.165, 1.54) is 12.0 Å². The third kappa shape index (κ3) is 4.64. The first kappa shape index (κ1) is 21.9. The summed E-state index contributed by atoms with van der Waals surface area (Å²) in [6, 6.07) is 13.6. The maximum Gasteiger partial charge on any atom is 0.286 e. The van der Waals surface area contributed by atoms with E-state index in [4.69, 9.17) is 28.3 Å². The monoisotopic (exact) mass is 456 g/mol. The fourth-order valence-electron chi connectivity index (χ4n) is 3.98. The standard InChI is InChI=1S/C24H26Cl2N4O/c1-3-17-7-9-18(10-8-17)23-16(2)22(24(31)28-29-13-5-4-6-14-29)27-30(23)21-12-11-19(25)15-20(21)26/h7-12,15H,3-6,13-14H2,1-2H3,(H,28,31). The first-order valence-electron chi connectivity index (χ1n) is 10.7. The highest BCUT2D eigenvalue weighted by atomic mass is 35.5. The number of halogens is 2. The molecule has 1 amide bonds. The van der Waals surface area contributed by atoms with Gasteiger partial charge >= 0.3 is 0 Å². The van der Waals surface area contributed by atoms with Crippen molar-refractivity contribution in [3.63, 3.8) is 0 Å². The molecule has 31 heavy (non-hydrogen) atoms. The quantitative estimate of drug-likeness (QED) is 0.523. The lowest BCUT2D eigenvalue weighted by Gasteiger charge is -2.26. The molecule has 0 bridgehead atoms. The summed E-state index contributed by atoms with van der Waals surface area (Å²) in [5.74, 6) is -0.199. The molecule has 1 N–H and O–H groups in total. The van der Waals surface area contributed by atoms with Gasteiger partial charge in [0.15, 0.2) is 5.69 Å². The molecule has 1 aromatic heterocycles. The molecule has 1 aliphatic heterocycles. The second kappa shape index (κ2) is 9.43. The molecule has 4 rings (SSSR count). The van der Waals surface area contributed by atoms with E-state index in [0.717, 1.165) is 49.2 Å². The maximum atomic E-state index is 13.1. The van der Waals surface area contributed by atoms with Crippen LogP contribution in [-0.4, -0.2) is 33.8 Å². The number of carbonyl (C=O) groups excluding carboxylic acids is 1. The fourth-order valence-corrected chi connectivity index (χ4v) is 4.47. The Morgan fingerprint density at radius 1 is 1.06 bits per heavy atom. The molecule has 2 aromatic carbocycles. The number of hydrazine groups is 1. The molecular weight excluding hydrogens is 431 g/mol. The summed E-state index contributed by atoms with van der Waals surface area (Å²) >= 11 is 12.6. The molecule has 5 nitrogen and oxygen atoms in total. The summed E-state index contributed by atoms with van der Waals surface area (Å²) in [6.07, 6.45) is 4.34. The number of amides is 1. The van der Waals surface area contributed by atoms with Gasteiger partial charge in [0, 0.05) is 29.2 Å². The van der Waals surface area contributed by atoms with Gasteiger partial charge in [-0.15, -0.1) is 0 Å². The van der Waals surface area contributed by atoms with Gasteiger partial charge in [-0.1, -0.05) is 60.8 Å². The fraction of sp³-hybridized carbons (Fsp3) is 0.333. The van der Waals surface area contributed by atoms with E-state index < -0.39 is 0 Å². The number of carbonyl (C=O) groups is 1. The average molecular weight is 457 g/mol. The van der Waals surface area contributed by atoms with E-state index in [1.54, 1.807) is 16.8 Å². The van der Waals surface area contributed by atoms with Crippen molar-refractivity contribution in [3.8, 4) is 16.9 Å². The Balaban J connectivity index is 1.79. The number of nitrogens with one attached hydrogen (secondary N) is 1. The minimum absolute atomic E-state index is 0.199. The maximum absolute atomic E-state index is 13.1. The summed E-state index contributed by atoms with van der Waals surface area (Å²) in [5.41, 5.74) is 7.98. The molecule has 1 aliphatic rings. The molecule has 1 fully saturated rings. The Hall–Kier alpha value is -2.34. The number of piperidine rings is 1. The van der Waals surface area contributed by atoms with Crippen molar-refractivity contribution in [1.29, 1.82) is 0 Å². The van der Waals surface area contributed by atoms with Crippen LogP contribution in [0.5, 0.6) is 0 Å². The van der Waals surface area contributed by atoms with Crippen molar-refractivity contribution >= 4 is 29.1 Å². The van der Waals surface area contributed by atoms with Gasteiger partial charge in [0.2, 0.25) is 0 Å². The molecule has 0 saturated carbocycles. The van der Waals surface area contributed by atoms with Gasteiger partial charge in [0.25, 0.3) is 5.91 Å². The number of aromatic nitrogens is 2. The van der Waals surface area contributed by atoms with E-state index in [-0.39, 0.29) is 5.91 Å². The predicted octanol–water partition coefficient (Wildman–Crippen LogP) is 5.85. The van der Waals surface area contributed by atoms with Crippen LogP contribution in [-0.2, 0) is 6.42 Å². The zero-order chi connectivity index (χ0) is 22.0. The minimum Gasteiger partial charge on any atom is -0.283 e. The summed E-state index contributed by atoms with van der Waals surface area (Å²) in [7, 11) is 0. The van der Waals surface area contributed by atoms with E-state index in [2.05, 4.69) is 36.6 Å². The Morgan fingerprint density at radius 2 is 1.77 bits per heavy atom. The van der Waals surface area contributed by atoms with Crippen LogP contribution in [0.1, 0.15) is 47.8 Å². The second-order valence-corrected chi connectivity index (χ2v) is 8.71. The van der Waals surface area contributed by atoms with Crippen LogP contribution in [0.25, 0.3) is 16.9 Å². The van der Waals surface area contributed by atoms with Gasteiger partial charge in [-0.3, -0.25) is 10.2 Å². The zero-order valence-electron chi connectivity index (χ0n) is 17.8. The minimum atomic E-state index is -0.199. The van der Waals surface area contributed by atoms with E-state index in [1.807, 2.05) is 18.0 Å². The molecular formula is C24H26Cl2N4O. The molecule has 1 saturated heterocycles. The Kier molecular flexibility index (Phi) is 6.65. The predicted molar refractivity (Wildman–Crippen MR) is 126 cm³/mol.